The van der Waals surface area contributed by atoms with Gasteiger partial charge in [0.05, 0.1) is 34.1 Å². The van der Waals surface area contributed by atoms with Gasteiger partial charge in [-0.2, -0.15) is 5.26 Å². The second kappa shape index (κ2) is 17.6. The Hall–Kier alpha value is -6.19. The van der Waals surface area contributed by atoms with Crippen LogP contribution in [0.2, 0.25) is 0 Å². The number of nitrogens with zero attached hydrogens (tertiary/aromatic N) is 4. The molecule has 0 atom stereocenters. The van der Waals surface area contributed by atoms with Gasteiger partial charge in [-0.3, -0.25) is 9.37 Å². The number of hydrogen-bond donors (Lipinski definition) is 0. The third-order valence-corrected chi connectivity index (χ3v) is 10.7. The fourth-order valence-electron chi connectivity index (χ4n) is 7.67. The van der Waals surface area contributed by atoms with E-state index in [1.54, 1.807) is 18.2 Å². The van der Waals surface area contributed by atoms with Crippen molar-refractivity contribution in [2.45, 2.75) is 66.1 Å². The molecule has 0 saturated carbocycles. The molecule has 0 bridgehead atoms. The van der Waals surface area contributed by atoms with Crippen molar-refractivity contribution in [2.75, 3.05) is 0 Å². The van der Waals surface area contributed by atoms with Gasteiger partial charge in [0.1, 0.15) is 5.58 Å². The Morgan fingerprint density at radius 3 is 2.15 bits per heavy atom. The molecule has 0 spiro atoms. The van der Waals surface area contributed by atoms with Gasteiger partial charge in [-0.05, 0) is 100 Å². The van der Waals surface area contributed by atoms with Gasteiger partial charge in [-0.15, -0.1) is 48.0 Å². The number of benzene rings is 6. The van der Waals surface area contributed by atoms with Crippen LogP contribution in [0.5, 0.6) is 0 Å². The van der Waals surface area contributed by atoms with Crippen LogP contribution in [0.25, 0.3) is 72.4 Å². The Bertz CT molecular complexity index is 3100. The molecule has 0 aliphatic carbocycles. The zero-order chi connectivity index (χ0) is 43.9. The van der Waals surface area contributed by atoms with Crippen LogP contribution in [0.1, 0.15) is 91.2 Å². The second-order valence-electron chi connectivity index (χ2n) is 15.7. The van der Waals surface area contributed by atoms with Gasteiger partial charge in [-0.25, -0.2) is 0 Å². The molecule has 60 heavy (non-hydrogen) atoms. The van der Waals surface area contributed by atoms with E-state index in [0.29, 0.717) is 22.4 Å². The third-order valence-electron chi connectivity index (χ3n) is 10.7. The van der Waals surface area contributed by atoms with E-state index in [9.17, 15) is 9.65 Å². The second-order valence-corrected chi connectivity index (χ2v) is 15.7. The van der Waals surface area contributed by atoms with Gasteiger partial charge < -0.3 is 14.0 Å². The summed E-state index contributed by atoms with van der Waals surface area (Å²) in [6.45, 7) is 10.7. The minimum atomic E-state index is -2.18. The number of aryl methyl sites for hydroxylation is 1. The Morgan fingerprint density at radius 1 is 0.767 bits per heavy atom. The number of fused-ring (bicyclic) bond motifs is 4. The summed E-state index contributed by atoms with van der Waals surface area (Å²) in [7, 11) is 0. The topological polar surface area (TPSA) is 67.6 Å². The van der Waals surface area contributed by atoms with Crippen molar-refractivity contribution in [1.29, 1.82) is 5.26 Å². The molecule has 0 amide bonds. The molecule has 0 N–H and O–H groups in total. The number of furan rings is 1. The first-order valence-corrected chi connectivity index (χ1v) is 19.9. The summed E-state index contributed by atoms with van der Waals surface area (Å²) in [5, 5.41) is 11.4. The first-order valence-electron chi connectivity index (χ1n) is 21.4. The molecule has 1 radical (unpaired) electrons. The predicted molar refractivity (Wildman–Crippen MR) is 238 cm³/mol. The third kappa shape index (κ3) is 8.06. The molecule has 9 aromatic rings. The summed E-state index contributed by atoms with van der Waals surface area (Å²) in [6.07, 6.45) is 1.38. The van der Waals surface area contributed by atoms with E-state index in [0.717, 1.165) is 50.0 Å². The van der Waals surface area contributed by atoms with E-state index >= 15 is 0 Å². The van der Waals surface area contributed by atoms with Crippen molar-refractivity contribution >= 4 is 33.0 Å². The van der Waals surface area contributed by atoms with Crippen molar-refractivity contribution in [3.05, 3.63) is 173 Å². The zero-order valence-electron chi connectivity index (χ0n) is 37.3. The molecule has 0 aliphatic heterocycles. The largest absolute Gasteiger partial charge is 0.500 e. The van der Waals surface area contributed by atoms with Crippen molar-refractivity contribution in [2.24, 2.45) is 0 Å². The molecule has 5 nitrogen and oxygen atoms in total. The van der Waals surface area contributed by atoms with E-state index in [2.05, 4.69) is 116 Å². The number of hydrogen-bond acceptors (Lipinski definition) is 4. The number of nitriles is 1. The van der Waals surface area contributed by atoms with Crippen LogP contribution >= 0.6 is 0 Å². The molecular formula is C53H45FIrN4O-2. The zero-order valence-corrected chi connectivity index (χ0v) is 36.7. The quantitative estimate of drug-likeness (QED) is 0.149. The van der Waals surface area contributed by atoms with Crippen LogP contribution in [0.4, 0.5) is 4.39 Å². The number of halogens is 1. The van der Waals surface area contributed by atoms with Crippen molar-refractivity contribution < 1.29 is 33.0 Å². The molecule has 9 rings (SSSR count). The van der Waals surface area contributed by atoms with Gasteiger partial charge in [0, 0.05) is 47.3 Å². The summed E-state index contributed by atoms with van der Waals surface area (Å²) < 4.78 is 44.3. The minimum Gasteiger partial charge on any atom is -0.500 e. The first-order chi connectivity index (χ1) is 29.7. The van der Waals surface area contributed by atoms with E-state index in [4.69, 9.17) is 13.5 Å². The molecule has 7 heteroatoms. The Morgan fingerprint density at radius 2 is 1.48 bits per heavy atom. The molecule has 6 aromatic carbocycles. The number of rotatable bonds is 7. The van der Waals surface area contributed by atoms with Gasteiger partial charge in [0.2, 0.25) is 0 Å². The van der Waals surface area contributed by atoms with Crippen LogP contribution in [0, 0.1) is 36.1 Å². The van der Waals surface area contributed by atoms with Gasteiger partial charge in [-0.1, -0.05) is 107 Å². The normalized spacial score (nSPS) is 12.2. The van der Waals surface area contributed by atoms with Gasteiger partial charge >= 0.3 is 0 Å². The van der Waals surface area contributed by atoms with Crippen molar-refractivity contribution in [3.8, 4) is 45.5 Å². The average molecular weight is 968 g/mol. The van der Waals surface area contributed by atoms with E-state index in [1.165, 1.54) is 40.6 Å². The van der Waals surface area contributed by atoms with E-state index < -0.39 is 6.85 Å². The molecule has 0 fully saturated rings. The van der Waals surface area contributed by atoms with Crippen LogP contribution < -0.4 is 0 Å². The summed E-state index contributed by atoms with van der Waals surface area (Å²) in [5.41, 5.74) is 13.1. The first kappa shape index (κ1) is 38.0. The van der Waals surface area contributed by atoms with E-state index in [1.807, 2.05) is 44.2 Å². The molecule has 0 aliphatic rings. The fraction of sp³-hybridized carbons (Fsp3) is 0.189. The van der Waals surface area contributed by atoms with Crippen LogP contribution in [-0.2, 0) is 20.1 Å². The molecule has 3 aromatic heterocycles. The van der Waals surface area contributed by atoms with Crippen LogP contribution in [-0.4, -0.2) is 14.5 Å². The Balaban J connectivity index is 0.000000239. The fourth-order valence-corrected chi connectivity index (χ4v) is 7.67. The number of imidazole rings is 1. The van der Waals surface area contributed by atoms with Gasteiger partial charge in [0.15, 0.2) is 0 Å². The minimum absolute atomic E-state index is 0. The summed E-state index contributed by atoms with van der Waals surface area (Å²) >= 11 is 0. The SMILES string of the molecule is CC(C)c1cc(-c2ccccc2)cc(C(C)C)c1-n1c(-c2[c-]ccc3c2oc2cc(C#N)ccc23)nc2ccccc21.[2H]C([2H])([2H])c1cnc(-c2[c-]cc(F)cc2)cc1C(C)C.[Ir]. The number of aromatic nitrogens is 3. The van der Waals surface area contributed by atoms with Crippen molar-refractivity contribution in [1.82, 2.24) is 14.5 Å². The Labute approximate surface area is 369 Å². The van der Waals surface area contributed by atoms with E-state index in [-0.39, 0.29) is 49.2 Å². The predicted octanol–water partition coefficient (Wildman–Crippen LogP) is 14.3. The van der Waals surface area contributed by atoms with Crippen LogP contribution in [0.15, 0.2) is 132 Å². The molecule has 301 valence electrons. The maximum atomic E-state index is 12.9. The average Bonchev–Trinajstić information content (AvgIpc) is 3.84. The molecular weight excluding hydrogens is 920 g/mol. The number of pyridine rings is 1. The summed E-state index contributed by atoms with van der Waals surface area (Å²) in [4.78, 5) is 9.39. The van der Waals surface area contributed by atoms with Crippen molar-refractivity contribution in [3.63, 3.8) is 0 Å². The maximum absolute atomic E-state index is 12.9. The van der Waals surface area contributed by atoms with Crippen LogP contribution in [0.3, 0.4) is 0 Å². The summed E-state index contributed by atoms with van der Waals surface area (Å²) in [6, 6.07) is 47.6. The smallest absolute Gasteiger partial charge is 0.122 e. The number of para-hydroxylation sites is 2. The standard InChI is InChI=1S/C38H30N3O.C15H15FN.Ir/c1-23(2)31-20-27(26-11-6-5-7-12-26)21-32(24(3)4)36(31)41-34-16-9-8-15-33(34)40-38(41)30-14-10-13-29-28-18-17-25(22-39)19-35(28)42-37(29)30;1-10(2)14-8-15(17-9-11(14)3)12-4-6-13(16)7-5-12;/h5-13,15-21,23-24H,1-4H3;4,6-10H,1-3H3;/q2*-1;/i;3D3;. The molecule has 0 unspecified atom stereocenters. The molecule has 0 saturated heterocycles. The monoisotopic (exact) mass is 968 g/mol. The molecule has 3 heterocycles. The van der Waals surface area contributed by atoms with Gasteiger partial charge in [0.25, 0.3) is 0 Å². The Kier molecular flexibility index (Phi) is 11.1. The maximum Gasteiger partial charge on any atom is 0.122 e. The summed E-state index contributed by atoms with van der Waals surface area (Å²) in [5.74, 6) is 1.03.